The highest BCUT2D eigenvalue weighted by Crippen LogP contribution is 2.29. The largest absolute Gasteiger partial charge is 0.381 e. The first-order valence-corrected chi connectivity index (χ1v) is 6.28. The Labute approximate surface area is 96.0 Å². The van der Waals surface area contributed by atoms with Gasteiger partial charge in [0.15, 0.2) is 5.13 Å². The van der Waals surface area contributed by atoms with Gasteiger partial charge in [-0.2, -0.15) is 0 Å². The maximum absolute atomic E-state index is 5.39. The van der Waals surface area contributed by atoms with E-state index in [0.717, 1.165) is 35.9 Å². The molecule has 14 heavy (non-hydrogen) atoms. The Bertz CT molecular complexity index is 310. The molecule has 0 spiro atoms. The number of thiazole rings is 1. The molecule has 1 aromatic heterocycles. The third kappa shape index (κ3) is 2.46. The Morgan fingerprint density at radius 2 is 2.64 bits per heavy atom. The van der Waals surface area contributed by atoms with Gasteiger partial charge in [0.1, 0.15) is 4.60 Å². The number of nitrogens with one attached hydrogen (secondary N) is 1. The van der Waals surface area contributed by atoms with Crippen LogP contribution in [0, 0.1) is 5.41 Å². The summed E-state index contributed by atoms with van der Waals surface area (Å²) in [6.45, 7) is 4.93. The Hall–Kier alpha value is -0.130. The third-order valence-electron chi connectivity index (χ3n) is 2.44. The minimum atomic E-state index is 0.276. The number of aromatic nitrogens is 1. The molecule has 0 aromatic carbocycles. The molecule has 1 unspecified atom stereocenters. The average molecular weight is 277 g/mol. The van der Waals surface area contributed by atoms with Crippen molar-refractivity contribution in [3.05, 3.63) is 9.98 Å². The second kappa shape index (κ2) is 4.16. The topological polar surface area (TPSA) is 34.2 Å². The zero-order valence-corrected chi connectivity index (χ0v) is 10.4. The molecule has 0 saturated carbocycles. The number of ether oxygens (including phenoxy) is 1. The van der Waals surface area contributed by atoms with Crippen LogP contribution in [0.1, 0.15) is 13.3 Å². The lowest BCUT2D eigenvalue weighted by Gasteiger charge is -2.21. The molecule has 3 nitrogen and oxygen atoms in total. The van der Waals surface area contributed by atoms with Crippen LogP contribution in [0.5, 0.6) is 0 Å². The first kappa shape index (κ1) is 10.4. The van der Waals surface area contributed by atoms with Crippen molar-refractivity contribution in [2.75, 3.05) is 25.1 Å². The Balaban J connectivity index is 1.87. The minimum absolute atomic E-state index is 0.276. The van der Waals surface area contributed by atoms with Gasteiger partial charge in [-0.25, -0.2) is 4.98 Å². The summed E-state index contributed by atoms with van der Waals surface area (Å²) in [6.07, 6.45) is 1.13. The van der Waals surface area contributed by atoms with Crippen LogP contribution >= 0.6 is 27.3 Å². The van der Waals surface area contributed by atoms with Gasteiger partial charge in [-0.3, -0.25) is 0 Å². The summed E-state index contributed by atoms with van der Waals surface area (Å²) in [6, 6.07) is 0. The molecular weight excluding hydrogens is 264 g/mol. The molecule has 5 heteroatoms. The highest BCUT2D eigenvalue weighted by Gasteiger charge is 2.29. The van der Waals surface area contributed by atoms with Gasteiger partial charge in [0.05, 0.1) is 6.61 Å². The molecule has 1 saturated heterocycles. The van der Waals surface area contributed by atoms with Crippen molar-refractivity contribution >= 4 is 32.4 Å². The number of rotatable bonds is 3. The van der Waals surface area contributed by atoms with Gasteiger partial charge in [0.25, 0.3) is 0 Å². The van der Waals surface area contributed by atoms with Crippen LogP contribution in [0.4, 0.5) is 5.13 Å². The SMILES string of the molecule is CC1(CNc2nc(Br)cs2)CCOC1. The van der Waals surface area contributed by atoms with Gasteiger partial charge in [0, 0.05) is 23.9 Å². The van der Waals surface area contributed by atoms with E-state index < -0.39 is 0 Å². The molecular formula is C9H13BrN2OS. The molecule has 0 aliphatic carbocycles. The summed E-state index contributed by atoms with van der Waals surface area (Å²) < 4.78 is 6.29. The molecule has 2 rings (SSSR count). The Kier molecular flexibility index (Phi) is 3.09. The van der Waals surface area contributed by atoms with Crippen LogP contribution in [-0.2, 0) is 4.74 Å². The minimum Gasteiger partial charge on any atom is -0.381 e. The molecule has 0 amide bonds. The molecule has 1 atom stereocenters. The van der Waals surface area contributed by atoms with E-state index in [4.69, 9.17) is 4.74 Å². The first-order valence-electron chi connectivity index (χ1n) is 4.61. The maximum atomic E-state index is 5.39. The van der Waals surface area contributed by atoms with Crippen LogP contribution in [-0.4, -0.2) is 24.7 Å². The van der Waals surface area contributed by atoms with E-state index in [1.807, 2.05) is 5.38 Å². The van der Waals surface area contributed by atoms with Crippen molar-refractivity contribution in [3.8, 4) is 0 Å². The van der Waals surface area contributed by atoms with Gasteiger partial charge in [-0.1, -0.05) is 6.92 Å². The fraction of sp³-hybridized carbons (Fsp3) is 0.667. The second-order valence-corrected chi connectivity index (χ2v) is 5.61. The number of hydrogen-bond acceptors (Lipinski definition) is 4. The van der Waals surface area contributed by atoms with Crippen LogP contribution in [0.2, 0.25) is 0 Å². The lowest BCUT2D eigenvalue weighted by atomic mass is 9.90. The number of halogens is 1. The fourth-order valence-corrected chi connectivity index (χ4v) is 2.62. The van der Waals surface area contributed by atoms with Crippen molar-refractivity contribution in [1.82, 2.24) is 4.98 Å². The molecule has 1 aromatic rings. The monoisotopic (exact) mass is 276 g/mol. The van der Waals surface area contributed by atoms with Crippen molar-refractivity contribution < 1.29 is 4.74 Å². The van der Waals surface area contributed by atoms with Crippen molar-refractivity contribution in [1.29, 1.82) is 0 Å². The summed E-state index contributed by atoms with van der Waals surface area (Å²) in [5.41, 5.74) is 0.276. The van der Waals surface area contributed by atoms with Gasteiger partial charge in [0.2, 0.25) is 0 Å². The van der Waals surface area contributed by atoms with E-state index in [-0.39, 0.29) is 5.41 Å². The lowest BCUT2D eigenvalue weighted by molar-refractivity contribution is 0.164. The van der Waals surface area contributed by atoms with Crippen molar-refractivity contribution in [3.63, 3.8) is 0 Å². The van der Waals surface area contributed by atoms with E-state index in [1.165, 1.54) is 0 Å². The van der Waals surface area contributed by atoms with Gasteiger partial charge in [-0.15, -0.1) is 11.3 Å². The molecule has 1 aliphatic rings. The predicted molar refractivity (Wildman–Crippen MR) is 61.8 cm³/mol. The quantitative estimate of drug-likeness (QED) is 0.922. The number of nitrogens with zero attached hydrogens (tertiary/aromatic N) is 1. The summed E-state index contributed by atoms with van der Waals surface area (Å²) in [4.78, 5) is 4.29. The molecule has 0 radical (unpaired) electrons. The smallest absolute Gasteiger partial charge is 0.183 e. The Morgan fingerprint density at radius 1 is 1.79 bits per heavy atom. The number of hydrogen-bond donors (Lipinski definition) is 1. The predicted octanol–water partition coefficient (Wildman–Crippen LogP) is 2.74. The van der Waals surface area contributed by atoms with E-state index in [1.54, 1.807) is 11.3 Å². The van der Waals surface area contributed by atoms with E-state index in [0.29, 0.717) is 0 Å². The normalized spacial score (nSPS) is 26.7. The van der Waals surface area contributed by atoms with Crippen LogP contribution < -0.4 is 5.32 Å². The zero-order chi connectivity index (χ0) is 10.0. The molecule has 0 bridgehead atoms. The molecule has 1 fully saturated rings. The van der Waals surface area contributed by atoms with Crippen molar-refractivity contribution in [2.24, 2.45) is 5.41 Å². The van der Waals surface area contributed by atoms with Crippen molar-refractivity contribution in [2.45, 2.75) is 13.3 Å². The van der Waals surface area contributed by atoms with E-state index >= 15 is 0 Å². The van der Waals surface area contributed by atoms with Crippen LogP contribution in [0.3, 0.4) is 0 Å². The Morgan fingerprint density at radius 3 is 3.21 bits per heavy atom. The van der Waals surface area contributed by atoms with Crippen LogP contribution in [0.25, 0.3) is 0 Å². The zero-order valence-electron chi connectivity index (χ0n) is 8.05. The maximum Gasteiger partial charge on any atom is 0.183 e. The van der Waals surface area contributed by atoms with Crippen LogP contribution in [0.15, 0.2) is 9.98 Å². The summed E-state index contributed by atoms with van der Waals surface area (Å²) in [7, 11) is 0. The highest BCUT2D eigenvalue weighted by atomic mass is 79.9. The summed E-state index contributed by atoms with van der Waals surface area (Å²) in [5.74, 6) is 0. The summed E-state index contributed by atoms with van der Waals surface area (Å²) in [5, 5.41) is 6.30. The molecule has 2 heterocycles. The molecule has 1 aliphatic heterocycles. The van der Waals surface area contributed by atoms with Gasteiger partial charge < -0.3 is 10.1 Å². The highest BCUT2D eigenvalue weighted by molar-refractivity contribution is 9.10. The van der Waals surface area contributed by atoms with Gasteiger partial charge >= 0.3 is 0 Å². The van der Waals surface area contributed by atoms with E-state index in [2.05, 4.69) is 33.2 Å². The molecule has 78 valence electrons. The summed E-state index contributed by atoms with van der Waals surface area (Å²) >= 11 is 4.96. The lowest BCUT2D eigenvalue weighted by Crippen LogP contribution is -2.26. The van der Waals surface area contributed by atoms with E-state index in [9.17, 15) is 0 Å². The first-order chi connectivity index (χ1) is 6.68. The average Bonchev–Trinajstić information content (AvgIpc) is 2.73. The standard InChI is InChI=1S/C9H13BrN2OS/c1-9(2-3-13-6-9)5-11-8-12-7(10)4-14-8/h4H,2-3,5-6H2,1H3,(H,11,12). The third-order valence-corrected chi connectivity index (χ3v) is 3.95. The molecule has 1 N–H and O–H groups in total. The fourth-order valence-electron chi connectivity index (χ4n) is 1.47. The van der Waals surface area contributed by atoms with Gasteiger partial charge in [-0.05, 0) is 22.4 Å². The number of anilines is 1. The second-order valence-electron chi connectivity index (χ2n) is 3.94.